The number of carbonyl (C=O) groups excluding carboxylic acids is 1. The second-order valence-corrected chi connectivity index (χ2v) is 8.34. The Hall–Kier alpha value is -4.47. The number of halogens is 3. The molecule has 5 rings (SSSR count). The van der Waals surface area contributed by atoms with Gasteiger partial charge in [0.05, 0.1) is 22.3 Å². The van der Waals surface area contributed by atoms with E-state index in [0.717, 1.165) is 34.6 Å². The van der Waals surface area contributed by atoms with E-state index in [0.29, 0.717) is 11.9 Å². The van der Waals surface area contributed by atoms with Gasteiger partial charge in [0, 0.05) is 25.7 Å². The number of hydrogen-bond donors (Lipinski definition) is 1. The highest BCUT2D eigenvalue weighted by atomic mass is 19.4. The van der Waals surface area contributed by atoms with Crippen LogP contribution >= 0.6 is 0 Å². The van der Waals surface area contributed by atoms with E-state index >= 15 is 0 Å². The van der Waals surface area contributed by atoms with Gasteiger partial charge in [0.25, 0.3) is 5.91 Å². The van der Waals surface area contributed by atoms with Crippen molar-refractivity contribution in [2.24, 2.45) is 7.05 Å². The summed E-state index contributed by atoms with van der Waals surface area (Å²) in [5.41, 5.74) is 3.73. The summed E-state index contributed by atoms with van der Waals surface area (Å²) in [5.74, 6) is -0.320. The fourth-order valence-electron chi connectivity index (χ4n) is 3.98. The molecule has 0 spiro atoms. The summed E-state index contributed by atoms with van der Waals surface area (Å²) in [6.07, 6.45) is -2.40. The van der Waals surface area contributed by atoms with E-state index in [2.05, 4.69) is 20.6 Å². The van der Waals surface area contributed by atoms with Crippen molar-refractivity contribution in [3.63, 3.8) is 0 Å². The van der Waals surface area contributed by atoms with Crippen molar-refractivity contribution in [1.82, 2.24) is 29.9 Å². The molecule has 0 unspecified atom stereocenters. The van der Waals surface area contributed by atoms with E-state index in [9.17, 15) is 18.0 Å². The molecule has 0 radical (unpaired) electrons. The minimum absolute atomic E-state index is 0.261. The van der Waals surface area contributed by atoms with Crippen LogP contribution in [0.25, 0.3) is 16.7 Å². The van der Waals surface area contributed by atoms with E-state index < -0.39 is 11.7 Å². The molecule has 0 aliphatic rings. The summed E-state index contributed by atoms with van der Waals surface area (Å²) in [6.45, 7) is 0.278. The Balaban J connectivity index is 1.28. The molecule has 3 aromatic carbocycles. The quantitative estimate of drug-likeness (QED) is 0.375. The third-order valence-electron chi connectivity index (χ3n) is 5.91. The number of fused-ring (bicyclic) bond motifs is 1. The van der Waals surface area contributed by atoms with E-state index in [1.54, 1.807) is 16.3 Å². The van der Waals surface area contributed by atoms with Gasteiger partial charge in [0.1, 0.15) is 6.33 Å². The number of hydrogen-bond acceptors (Lipinski definition) is 4. The molecule has 0 bridgehead atoms. The maximum atomic E-state index is 13.0. The average molecular weight is 490 g/mol. The first-order valence-electron chi connectivity index (χ1n) is 11.1. The van der Waals surface area contributed by atoms with Gasteiger partial charge in [-0.25, -0.2) is 4.98 Å². The second-order valence-electron chi connectivity index (χ2n) is 8.34. The Morgan fingerprint density at radius 3 is 2.44 bits per heavy atom. The van der Waals surface area contributed by atoms with Crippen molar-refractivity contribution >= 4 is 16.9 Å². The van der Waals surface area contributed by atoms with Crippen LogP contribution in [-0.2, 0) is 26.2 Å². The van der Waals surface area contributed by atoms with Crippen molar-refractivity contribution in [3.05, 3.63) is 107 Å². The smallest absolute Gasteiger partial charge is 0.347 e. The molecule has 0 saturated carbocycles. The lowest BCUT2D eigenvalue weighted by Gasteiger charge is -2.09. The van der Waals surface area contributed by atoms with Crippen LogP contribution < -0.4 is 5.32 Å². The number of alkyl halides is 3. The van der Waals surface area contributed by atoms with Crippen LogP contribution in [0, 0.1) is 0 Å². The van der Waals surface area contributed by atoms with Gasteiger partial charge < -0.3 is 5.32 Å². The van der Waals surface area contributed by atoms with E-state index in [1.807, 2.05) is 54.6 Å². The van der Waals surface area contributed by atoms with Crippen molar-refractivity contribution in [2.75, 3.05) is 0 Å². The lowest BCUT2D eigenvalue weighted by atomic mass is 10.1. The largest absolute Gasteiger partial charge is 0.416 e. The van der Waals surface area contributed by atoms with Crippen molar-refractivity contribution in [3.8, 4) is 5.69 Å². The Bertz CT molecular complexity index is 1520. The van der Waals surface area contributed by atoms with Crippen LogP contribution in [-0.4, -0.2) is 30.5 Å². The van der Waals surface area contributed by atoms with Crippen LogP contribution in [0.5, 0.6) is 0 Å². The van der Waals surface area contributed by atoms with E-state index in [4.69, 9.17) is 0 Å². The van der Waals surface area contributed by atoms with Crippen LogP contribution in [0.2, 0.25) is 0 Å². The zero-order chi connectivity index (χ0) is 25.3. The molecular weight excluding hydrogens is 469 g/mol. The van der Waals surface area contributed by atoms with Crippen molar-refractivity contribution in [1.29, 1.82) is 0 Å². The SMILES string of the molecule is Cn1nnc(C(=O)NCc2ccc(-n3cnc4cc(C(F)(F)F)ccc43)cc2)c1Cc1ccccc1. The number of amides is 1. The summed E-state index contributed by atoms with van der Waals surface area (Å²) in [5, 5.41) is 10.9. The summed E-state index contributed by atoms with van der Waals surface area (Å²) in [6, 6.07) is 20.6. The average Bonchev–Trinajstić information content (AvgIpc) is 3.46. The van der Waals surface area contributed by atoms with Crippen LogP contribution in [0.1, 0.15) is 32.9 Å². The van der Waals surface area contributed by atoms with Crippen LogP contribution in [0.4, 0.5) is 13.2 Å². The molecule has 2 aromatic heterocycles. The third-order valence-corrected chi connectivity index (χ3v) is 5.91. The fraction of sp³-hybridized carbons (Fsp3) is 0.154. The lowest BCUT2D eigenvalue weighted by molar-refractivity contribution is -0.137. The number of aryl methyl sites for hydroxylation is 1. The van der Waals surface area contributed by atoms with Gasteiger partial charge >= 0.3 is 6.18 Å². The predicted molar refractivity (Wildman–Crippen MR) is 127 cm³/mol. The normalized spacial score (nSPS) is 11.7. The van der Waals surface area contributed by atoms with Gasteiger partial charge in [-0.05, 0) is 41.5 Å². The number of imidazole rings is 1. The number of aromatic nitrogens is 5. The highest BCUT2D eigenvalue weighted by Gasteiger charge is 2.30. The Morgan fingerprint density at radius 1 is 0.972 bits per heavy atom. The van der Waals surface area contributed by atoms with Crippen molar-refractivity contribution < 1.29 is 18.0 Å². The number of rotatable bonds is 6. The highest BCUT2D eigenvalue weighted by molar-refractivity contribution is 5.93. The molecular formula is C26H21F3N6O. The molecule has 36 heavy (non-hydrogen) atoms. The summed E-state index contributed by atoms with van der Waals surface area (Å²) >= 11 is 0. The second kappa shape index (κ2) is 9.29. The van der Waals surface area contributed by atoms with Crippen LogP contribution in [0.15, 0.2) is 79.1 Å². The minimum atomic E-state index is -4.42. The molecule has 1 amide bonds. The molecule has 7 nitrogen and oxygen atoms in total. The zero-order valence-electron chi connectivity index (χ0n) is 19.2. The van der Waals surface area contributed by atoms with Gasteiger partial charge in [-0.15, -0.1) is 5.10 Å². The first-order chi connectivity index (χ1) is 17.3. The van der Waals surface area contributed by atoms with Gasteiger partial charge in [0.15, 0.2) is 5.69 Å². The topological polar surface area (TPSA) is 77.6 Å². The molecule has 0 aliphatic carbocycles. The number of nitrogens with one attached hydrogen (secondary N) is 1. The minimum Gasteiger partial charge on any atom is -0.347 e. The predicted octanol–water partition coefficient (Wildman–Crippen LogP) is 4.69. The Kier molecular flexibility index (Phi) is 6.01. The molecule has 1 N–H and O–H groups in total. The number of benzene rings is 3. The first-order valence-corrected chi connectivity index (χ1v) is 11.1. The molecule has 182 valence electrons. The first kappa shape index (κ1) is 23.3. The standard InChI is InChI=1S/C26H21F3N6O/c1-34-23(13-17-5-3-2-4-6-17)24(32-33-34)25(36)30-15-18-7-10-20(11-8-18)35-16-31-21-14-19(26(27,28)29)9-12-22(21)35/h2-12,14,16H,13,15H2,1H3,(H,30,36). The van der Waals surface area contributed by atoms with Gasteiger partial charge in [-0.3, -0.25) is 14.0 Å². The third kappa shape index (κ3) is 4.70. The number of nitrogens with zero attached hydrogens (tertiary/aromatic N) is 5. The van der Waals surface area contributed by atoms with Crippen molar-refractivity contribution in [2.45, 2.75) is 19.1 Å². The molecule has 0 atom stereocenters. The summed E-state index contributed by atoms with van der Waals surface area (Å²) in [4.78, 5) is 16.9. The Labute approximate surface area is 204 Å². The Morgan fingerprint density at radius 2 is 1.72 bits per heavy atom. The maximum Gasteiger partial charge on any atom is 0.416 e. The molecule has 10 heteroatoms. The molecule has 0 saturated heterocycles. The molecule has 0 fully saturated rings. The van der Waals surface area contributed by atoms with Gasteiger partial charge in [-0.1, -0.05) is 47.7 Å². The zero-order valence-corrected chi connectivity index (χ0v) is 19.2. The highest BCUT2D eigenvalue weighted by Crippen LogP contribution is 2.31. The summed E-state index contributed by atoms with van der Waals surface area (Å²) < 4.78 is 42.2. The molecule has 5 aromatic rings. The monoisotopic (exact) mass is 490 g/mol. The number of carbonyl (C=O) groups is 1. The maximum absolute atomic E-state index is 13.0. The van der Waals surface area contributed by atoms with Crippen LogP contribution in [0.3, 0.4) is 0 Å². The van der Waals surface area contributed by atoms with E-state index in [1.165, 1.54) is 12.4 Å². The van der Waals surface area contributed by atoms with Gasteiger partial charge in [-0.2, -0.15) is 13.2 Å². The molecule has 2 heterocycles. The summed E-state index contributed by atoms with van der Waals surface area (Å²) in [7, 11) is 1.75. The lowest BCUT2D eigenvalue weighted by Crippen LogP contribution is -2.24. The molecule has 0 aliphatic heterocycles. The fourth-order valence-corrected chi connectivity index (χ4v) is 3.98. The van der Waals surface area contributed by atoms with E-state index in [-0.39, 0.29) is 23.7 Å². The van der Waals surface area contributed by atoms with Gasteiger partial charge in [0.2, 0.25) is 0 Å².